The van der Waals surface area contributed by atoms with Crippen LogP contribution in [0, 0.1) is 0 Å². The van der Waals surface area contributed by atoms with E-state index in [1.165, 1.54) is 0 Å². The van der Waals surface area contributed by atoms with Gasteiger partial charge in [0.15, 0.2) is 0 Å². The Balaban J connectivity index is 1.78. The summed E-state index contributed by atoms with van der Waals surface area (Å²) in [6, 6.07) is 12.9. The average Bonchev–Trinajstić information content (AvgIpc) is 2.58. The zero-order valence-corrected chi connectivity index (χ0v) is 14.2. The van der Waals surface area contributed by atoms with E-state index in [2.05, 4.69) is 15.6 Å². The number of benzene rings is 1. The van der Waals surface area contributed by atoms with Gasteiger partial charge >= 0.3 is 0 Å². The molecular weight excluding hydrogens is 306 g/mol. The summed E-state index contributed by atoms with van der Waals surface area (Å²) in [6.45, 7) is 4.81. The Labute approximate surface area is 142 Å². The summed E-state index contributed by atoms with van der Waals surface area (Å²) in [6.07, 6.45) is 0. The number of ether oxygens (including phenoxy) is 2. The van der Waals surface area contributed by atoms with Crippen molar-refractivity contribution in [2.24, 2.45) is 0 Å². The summed E-state index contributed by atoms with van der Waals surface area (Å²) in [7, 11) is 1.62. The maximum Gasteiger partial charge on any atom is 0.270 e. The van der Waals surface area contributed by atoms with E-state index in [4.69, 9.17) is 9.47 Å². The third-order valence-corrected chi connectivity index (χ3v) is 3.13. The van der Waals surface area contributed by atoms with Crippen LogP contribution in [0.15, 0.2) is 42.5 Å². The lowest BCUT2D eigenvalue weighted by molar-refractivity contribution is 0.0942. The highest BCUT2D eigenvalue weighted by molar-refractivity contribution is 5.92. The SMILES string of the molecule is COc1ccc(OCCNC(=O)c2cccc(NC(C)C)n2)cc1. The molecule has 1 aromatic carbocycles. The number of methoxy groups -OCH3 is 1. The number of anilines is 1. The minimum Gasteiger partial charge on any atom is -0.497 e. The highest BCUT2D eigenvalue weighted by Crippen LogP contribution is 2.16. The molecule has 1 aromatic heterocycles. The zero-order valence-electron chi connectivity index (χ0n) is 14.2. The van der Waals surface area contributed by atoms with Crippen LogP contribution >= 0.6 is 0 Å². The van der Waals surface area contributed by atoms with E-state index in [-0.39, 0.29) is 11.9 Å². The zero-order chi connectivity index (χ0) is 17.4. The lowest BCUT2D eigenvalue weighted by Gasteiger charge is -2.11. The molecule has 6 heteroatoms. The third-order valence-electron chi connectivity index (χ3n) is 3.13. The molecule has 0 saturated carbocycles. The van der Waals surface area contributed by atoms with E-state index < -0.39 is 0 Å². The van der Waals surface area contributed by atoms with Crippen LogP contribution in [-0.2, 0) is 0 Å². The van der Waals surface area contributed by atoms with Crippen molar-refractivity contribution >= 4 is 11.7 Å². The lowest BCUT2D eigenvalue weighted by atomic mass is 10.3. The third kappa shape index (κ3) is 5.46. The predicted octanol–water partition coefficient (Wildman–Crippen LogP) is 2.72. The standard InChI is InChI=1S/C18H23N3O3/c1-13(2)20-17-6-4-5-16(21-17)18(22)19-11-12-24-15-9-7-14(23-3)8-10-15/h4-10,13H,11-12H2,1-3H3,(H,19,22)(H,20,21). The van der Waals surface area contributed by atoms with Gasteiger partial charge in [-0.15, -0.1) is 0 Å². The van der Waals surface area contributed by atoms with E-state index in [0.29, 0.717) is 24.7 Å². The molecule has 0 aliphatic carbocycles. The first-order valence-corrected chi connectivity index (χ1v) is 7.87. The minimum absolute atomic E-state index is 0.222. The van der Waals surface area contributed by atoms with Crippen molar-refractivity contribution in [3.8, 4) is 11.5 Å². The Morgan fingerprint density at radius 3 is 2.50 bits per heavy atom. The molecule has 0 atom stereocenters. The summed E-state index contributed by atoms with van der Waals surface area (Å²) < 4.78 is 10.6. The van der Waals surface area contributed by atoms with Crippen molar-refractivity contribution in [2.45, 2.75) is 19.9 Å². The monoisotopic (exact) mass is 329 g/mol. The molecule has 0 fully saturated rings. The molecular formula is C18H23N3O3. The first-order valence-electron chi connectivity index (χ1n) is 7.87. The number of pyridine rings is 1. The predicted molar refractivity (Wildman–Crippen MR) is 93.8 cm³/mol. The summed E-state index contributed by atoms with van der Waals surface area (Å²) in [5.74, 6) is 1.97. The summed E-state index contributed by atoms with van der Waals surface area (Å²) >= 11 is 0. The molecule has 6 nitrogen and oxygen atoms in total. The molecule has 2 rings (SSSR count). The fourth-order valence-corrected chi connectivity index (χ4v) is 2.03. The quantitative estimate of drug-likeness (QED) is 0.729. The first-order chi connectivity index (χ1) is 11.6. The molecule has 1 amide bonds. The Hall–Kier alpha value is -2.76. The average molecular weight is 329 g/mol. The number of carbonyl (C=O) groups is 1. The number of rotatable bonds is 8. The van der Waals surface area contributed by atoms with E-state index in [1.54, 1.807) is 19.2 Å². The molecule has 2 aromatic rings. The van der Waals surface area contributed by atoms with Gasteiger partial charge in [-0.2, -0.15) is 0 Å². The maximum atomic E-state index is 12.1. The van der Waals surface area contributed by atoms with Gasteiger partial charge < -0.3 is 20.1 Å². The Morgan fingerprint density at radius 2 is 1.83 bits per heavy atom. The second-order valence-electron chi connectivity index (χ2n) is 5.49. The Morgan fingerprint density at radius 1 is 1.12 bits per heavy atom. The smallest absolute Gasteiger partial charge is 0.270 e. The van der Waals surface area contributed by atoms with E-state index >= 15 is 0 Å². The molecule has 0 saturated heterocycles. The Kier molecular flexibility index (Phi) is 6.42. The van der Waals surface area contributed by atoms with Gasteiger partial charge in [0.25, 0.3) is 5.91 Å². The molecule has 0 aliphatic rings. The van der Waals surface area contributed by atoms with Crippen LogP contribution in [0.4, 0.5) is 5.82 Å². The van der Waals surface area contributed by atoms with Crippen LogP contribution < -0.4 is 20.1 Å². The fourth-order valence-electron chi connectivity index (χ4n) is 2.03. The van der Waals surface area contributed by atoms with Crippen LogP contribution in [0.2, 0.25) is 0 Å². The van der Waals surface area contributed by atoms with Crippen molar-refractivity contribution in [1.82, 2.24) is 10.3 Å². The van der Waals surface area contributed by atoms with Gasteiger partial charge in [0.2, 0.25) is 0 Å². The highest BCUT2D eigenvalue weighted by atomic mass is 16.5. The Bertz CT molecular complexity index is 657. The van der Waals surface area contributed by atoms with E-state index in [0.717, 1.165) is 11.5 Å². The molecule has 0 bridgehead atoms. The summed E-state index contributed by atoms with van der Waals surface area (Å²) in [5, 5.41) is 5.97. The van der Waals surface area contributed by atoms with Crippen LogP contribution in [0.25, 0.3) is 0 Å². The van der Waals surface area contributed by atoms with Crippen LogP contribution in [0.3, 0.4) is 0 Å². The van der Waals surface area contributed by atoms with Gasteiger partial charge in [-0.05, 0) is 50.2 Å². The van der Waals surface area contributed by atoms with Crippen molar-refractivity contribution in [1.29, 1.82) is 0 Å². The van der Waals surface area contributed by atoms with Crippen molar-refractivity contribution in [2.75, 3.05) is 25.6 Å². The molecule has 128 valence electrons. The largest absolute Gasteiger partial charge is 0.497 e. The molecule has 0 aliphatic heterocycles. The second kappa shape index (κ2) is 8.76. The number of hydrogen-bond donors (Lipinski definition) is 2. The van der Waals surface area contributed by atoms with Crippen LogP contribution in [-0.4, -0.2) is 37.2 Å². The summed E-state index contributed by atoms with van der Waals surface area (Å²) in [4.78, 5) is 16.4. The van der Waals surface area contributed by atoms with Gasteiger partial charge in [-0.25, -0.2) is 4.98 Å². The van der Waals surface area contributed by atoms with Crippen LogP contribution in [0.5, 0.6) is 11.5 Å². The topological polar surface area (TPSA) is 72.5 Å². The molecule has 24 heavy (non-hydrogen) atoms. The summed E-state index contributed by atoms with van der Waals surface area (Å²) in [5.41, 5.74) is 0.380. The number of hydrogen-bond acceptors (Lipinski definition) is 5. The highest BCUT2D eigenvalue weighted by Gasteiger charge is 2.08. The van der Waals surface area contributed by atoms with Gasteiger partial charge in [-0.1, -0.05) is 6.07 Å². The van der Waals surface area contributed by atoms with Gasteiger partial charge in [0, 0.05) is 6.04 Å². The van der Waals surface area contributed by atoms with Gasteiger partial charge in [-0.3, -0.25) is 4.79 Å². The van der Waals surface area contributed by atoms with Gasteiger partial charge in [0.05, 0.1) is 13.7 Å². The molecule has 1 heterocycles. The second-order valence-corrected chi connectivity index (χ2v) is 5.49. The van der Waals surface area contributed by atoms with E-state index in [9.17, 15) is 4.79 Å². The molecule has 0 unspecified atom stereocenters. The van der Waals surface area contributed by atoms with E-state index in [1.807, 2.05) is 44.2 Å². The normalized spacial score (nSPS) is 10.3. The molecule has 0 radical (unpaired) electrons. The molecule has 2 N–H and O–H groups in total. The lowest BCUT2D eigenvalue weighted by Crippen LogP contribution is -2.29. The first kappa shape index (κ1) is 17.6. The number of amides is 1. The van der Waals surface area contributed by atoms with Gasteiger partial charge in [0.1, 0.15) is 29.6 Å². The van der Waals surface area contributed by atoms with Crippen LogP contribution in [0.1, 0.15) is 24.3 Å². The number of aromatic nitrogens is 1. The van der Waals surface area contributed by atoms with Crippen molar-refractivity contribution in [3.05, 3.63) is 48.2 Å². The number of nitrogens with one attached hydrogen (secondary N) is 2. The number of nitrogens with zero attached hydrogens (tertiary/aromatic N) is 1. The molecule has 0 spiro atoms. The van der Waals surface area contributed by atoms with Crippen molar-refractivity contribution in [3.63, 3.8) is 0 Å². The number of carbonyl (C=O) groups excluding carboxylic acids is 1. The van der Waals surface area contributed by atoms with Crippen molar-refractivity contribution < 1.29 is 14.3 Å². The minimum atomic E-state index is -0.222. The fraction of sp³-hybridized carbons (Fsp3) is 0.333. The maximum absolute atomic E-state index is 12.1.